The van der Waals surface area contributed by atoms with E-state index in [1.54, 1.807) is 17.0 Å². The van der Waals surface area contributed by atoms with Crippen molar-refractivity contribution in [3.8, 4) is 5.75 Å². The van der Waals surface area contributed by atoms with Gasteiger partial charge in [0.15, 0.2) is 0 Å². The third-order valence-corrected chi connectivity index (χ3v) is 3.61. The Hall–Kier alpha value is -2.01. The minimum absolute atomic E-state index is 0.104. The van der Waals surface area contributed by atoms with Crippen molar-refractivity contribution >= 4 is 11.7 Å². The number of aliphatic hydroxyl groups excluding tert-OH is 1. The van der Waals surface area contributed by atoms with E-state index >= 15 is 0 Å². The highest BCUT2D eigenvalue weighted by Gasteiger charge is 2.22. The number of ether oxygens (including phenoxy) is 1. The zero-order valence-corrected chi connectivity index (χ0v) is 12.1. The molecule has 2 rings (SSSR count). The second kappa shape index (κ2) is 7.69. The smallest absolute Gasteiger partial charge is 0.321 e. The predicted molar refractivity (Wildman–Crippen MR) is 82.5 cm³/mol. The summed E-state index contributed by atoms with van der Waals surface area (Å²) in [5.74, 6) is 1.02. The van der Waals surface area contributed by atoms with Crippen LogP contribution in [0.25, 0.3) is 0 Å². The first-order valence-corrected chi connectivity index (χ1v) is 7.23. The Kier molecular flexibility index (Phi) is 5.63. The monoisotopic (exact) mass is 290 g/mol. The lowest BCUT2D eigenvalue weighted by Gasteiger charge is -2.31. The molecule has 1 heterocycles. The van der Waals surface area contributed by atoms with Crippen LogP contribution in [0, 0.1) is 5.92 Å². The Balaban J connectivity index is 1.89. The first-order chi connectivity index (χ1) is 10.2. The van der Waals surface area contributed by atoms with Crippen LogP contribution in [-0.2, 0) is 0 Å². The number of urea groups is 1. The van der Waals surface area contributed by atoms with Gasteiger partial charge in [0, 0.05) is 31.5 Å². The van der Waals surface area contributed by atoms with Gasteiger partial charge in [0.1, 0.15) is 12.4 Å². The number of hydrogen-bond acceptors (Lipinski definition) is 3. The highest BCUT2D eigenvalue weighted by atomic mass is 16.5. The van der Waals surface area contributed by atoms with E-state index < -0.39 is 0 Å². The lowest BCUT2D eigenvalue weighted by molar-refractivity contribution is 0.143. The van der Waals surface area contributed by atoms with Crippen molar-refractivity contribution in [3.05, 3.63) is 36.9 Å². The Morgan fingerprint density at radius 1 is 1.48 bits per heavy atom. The largest absolute Gasteiger partial charge is 0.489 e. The van der Waals surface area contributed by atoms with Crippen molar-refractivity contribution in [2.45, 2.75) is 12.8 Å². The van der Waals surface area contributed by atoms with Crippen LogP contribution in [0.2, 0.25) is 0 Å². The zero-order chi connectivity index (χ0) is 15.1. The van der Waals surface area contributed by atoms with Gasteiger partial charge < -0.3 is 20.1 Å². The molecule has 21 heavy (non-hydrogen) atoms. The summed E-state index contributed by atoms with van der Waals surface area (Å²) in [5.41, 5.74) is 0.714. The molecule has 2 N–H and O–H groups in total. The van der Waals surface area contributed by atoms with E-state index in [0.717, 1.165) is 12.8 Å². The number of anilines is 1. The molecule has 0 bridgehead atoms. The summed E-state index contributed by atoms with van der Waals surface area (Å²) in [5, 5.41) is 12.0. The zero-order valence-electron chi connectivity index (χ0n) is 12.1. The van der Waals surface area contributed by atoms with Crippen LogP contribution in [-0.4, -0.2) is 42.3 Å². The number of nitrogens with zero attached hydrogens (tertiary/aromatic N) is 1. The van der Waals surface area contributed by atoms with Gasteiger partial charge in [-0.2, -0.15) is 0 Å². The summed E-state index contributed by atoms with van der Waals surface area (Å²) in [6.07, 6.45) is 3.38. The minimum Gasteiger partial charge on any atom is -0.489 e. The standard InChI is InChI=1S/C16H22N2O3/c1-2-10-21-15-5-3-4-14(11-15)17-16(20)18-8-6-13(12-19)7-9-18/h2-5,11,13,19H,1,6-10,12H2,(H,17,20). The SMILES string of the molecule is C=CCOc1cccc(NC(=O)N2CCC(CO)CC2)c1. The van der Waals surface area contributed by atoms with E-state index in [2.05, 4.69) is 11.9 Å². The molecule has 0 aliphatic carbocycles. The average molecular weight is 290 g/mol. The Morgan fingerprint density at radius 3 is 2.90 bits per heavy atom. The van der Waals surface area contributed by atoms with Crippen molar-refractivity contribution in [2.24, 2.45) is 5.92 Å². The molecule has 0 unspecified atom stereocenters. The molecular weight excluding hydrogens is 268 g/mol. The first kappa shape index (κ1) is 15.4. The van der Waals surface area contributed by atoms with Gasteiger partial charge in [-0.05, 0) is 30.9 Å². The lowest BCUT2D eigenvalue weighted by atomic mass is 9.98. The summed E-state index contributed by atoms with van der Waals surface area (Å²) in [7, 11) is 0. The van der Waals surface area contributed by atoms with E-state index in [-0.39, 0.29) is 12.6 Å². The number of nitrogens with one attached hydrogen (secondary N) is 1. The van der Waals surface area contributed by atoms with Crippen LogP contribution in [0.1, 0.15) is 12.8 Å². The number of aliphatic hydroxyl groups is 1. The van der Waals surface area contributed by atoms with Crippen LogP contribution in [0.4, 0.5) is 10.5 Å². The quantitative estimate of drug-likeness (QED) is 0.819. The molecule has 2 amide bonds. The Bertz CT molecular complexity index is 482. The highest BCUT2D eigenvalue weighted by molar-refractivity contribution is 5.89. The van der Waals surface area contributed by atoms with E-state index in [0.29, 0.717) is 37.1 Å². The number of amides is 2. The fraction of sp³-hybridized carbons (Fsp3) is 0.438. The van der Waals surface area contributed by atoms with Crippen molar-refractivity contribution in [1.29, 1.82) is 0 Å². The maximum atomic E-state index is 12.2. The molecule has 1 aromatic rings. The van der Waals surface area contributed by atoms with Crippen LogP contribution >= 0.6 is 0 Å². The number of likely N-dealkylation sites (tertiary alicyclic amines) is 1. The molecule has 1 aliphatic heterocycles. The van der Waals surface area contributed by atoms with Crippen LogP contribution < -0.4 is 10.1 Å². The van der Waals surface area contributed by atoms with Crippen LogP contribution in [0.5, 0.6) is 5.75 Å². The van der Waals surface area contributed by atoms with Crippen molar-refractivity contribution < 1.29 is 14.6 Å². The topological polar surface area (TPSA) is 61.8 Å². The molecule has 1 aromatic carbocycles. The molecule has 1 aliphatic rings. The van der Waals surface area contributed by atoms with E-state index in [1.165, 1.54) is 0 Å². The normalized spacial score (nSPS) is 15.6. The predicted octanol–water partition coefficient (Wildman–Crippen LogP) is 2.49. The molecule has 0 spiro atoms. The number of piperidine rings is 1. The maximum Gasteiger partial charge on any atom is 0.321 e. The molecule has 5 heteroatoms. The third kappa shape index (κ3) is 4.49. The van der Waals surface area contributed by atoms with Crippen LogP contribution in [0.3, 0.4) is 0 Å². The number of carbonyl (C=O) groups excluding carboxylic acids is 1. The summed E-state index contributed by atoms with van der Waals surface area (Å²) < 4.78 is 5.44. The summed E-state index contributed by atoms with van der Waals surface area (Å²) in [4.78, 5) is 14.0. The minimum atomic E-state index is -0.104. The molecule has 0 radical (unpaired) electrons. The average Bonchev–Trinajstić information content (AvgIpc) is 2.53. The molecular formula is C16H22N2O3. The van der Waals surface area contributed by atoms with E-state index in [9.17, 15) is 4.79 Å². The molecule has 114 valence electrons. The summed E-state index contributed by atoms with van der Waals surface area (Å²) in [6.45, 7) is 5.61. The van der Waals surface area contributed by atoms with Gasteiger partial charge in [-0.25, -0.2) is 4.79 Å². The molecule has 1 saturated heterocycles. The Labute approximate surface area is 125 Å². The first-order valence-electron chi connectivity index (χ1n) is 7.23. The summed E-state index contributed by atoms with van der Waals surface area (Å²) >= 11 is 0. The third-order valence-electron chi connectivity index (χ3n) is 3.61. The highest BCUT2D eigenvalue weighted by Crippen LogP contribution is 2.20. The molecule has 5 nitrogen and oxygen atoms in total. The van der Waals surface area contributed by atoms with Crippen molar-refractivity contribution in [2.75, 3.05) is 31.6 Å². The van der Waals surface area contributed by atoms with Gasteiger partial charge in [-0.3, -0.25) is 0 Å². The van der Waals surface area contributed by atoms with Gasteiger partial charge in [0.2, 0.25) is 0 Å². The van der Waals surface area contributed by atoms with Gasteiger partial charge >= 0.3 is 6.03 Å². The van der Waals surface area contributed by atoms with E-state index in [1.807, 2.05) is 18.2 Å². The fourth-order valence-electron chi connectivity index (χ4n) is 2.34. The molecule has 0 aromatic heterocycles. The van der Waals surface area contributed by atoms with Gasteiger partial charge in [0.25, 0.3) is 0 Å². The van der Waals surface area contributed by atoms with Crippen LogP contribution in [0.15, 0.2) is 36.9 Å². The van der Waals surface area contributed by atoms with Gasteiger partial charge in [-0.1, -0.05) is 18.7 Å². The fourth-order valence-corrected chi connectivity index (χ4v) is 2.34. The van der Waals surface area contributed by atoms with E-state index in [4.69, 9.17) is 9.84 Å². The number of benzene rings is 1. The van der Waals surface area contributed by atoms with Crippen molar-refractivity contribution in [1.82, 2.24) is 4.90 Å². The molecule has 0 atom stereocenters. The number of carbonyl (C=O) groups is 1. The molecule has 0 saturated carbocycles. The maximum absolute atomic E-state index is 12.2. The second-order valence-electron chi connectivity index (χ2n) is 5.17. The Morgan fingerprint density at radius 2 is 2.24 bits per heavy atom. The molecule has 1 fully saturated rings. The second-order valence-corrected chi connectivity index (χ2v) is 5.17. The van der Waals surface area contributed by atoms with Gasteiger partial charge in [-0.15, -0.1) is 0 Å². The lowest BCUT2D eigenvalue weighted by Crippen LogP contribution is -2.41. The number of rotatable bonds is 5. The summed E-state index contributed by atoms with van der Waals surface area (Å²) in [6, 6.07) is 7.20. The van der Waals surface area contributed by atoms with Crippen molar-refractivity contribution in [3.63, 3.8) is 0 Å². The van der Waals surface area contributed by atoms with Gasteiger partial charge in [0.05, 0.1) is 0 Å². The number of hydrogen-bond donors (Lipinski definition) is 2.